The molecule has 1 N–H and O–H groups in total. The van der Waals surface area contributed by atoms with Crippen molar-refractivity contribution in [3.63, 3.8) is 0 Å². The van der Waals surface area contributed by atoms with Crippen molar-refractivity contribution in [3.8, 4) is 0 Å². The maximum absolute atomic E-state index is 12.5. The highest BCUT2D eigenvalue weighted by Gasteiger charge is 2.15. The van der Waals surface area contributed by atoms with Crippen molar-refractivity contribution in [2.24, 2.45) is 0 Å². The normalized spacial score (nSPS) is 10.6. The lowest BCUT2D eigenvalue weighted by Gasteiger charge is -2.10. The molecule has 0 spiro atoms. The highest BCUT2D eigenvalue weighted by Crippen LogP contribution is 2.21. The molecule has 0 atom stereocenters. The molecule has 134 valence electrons. The average molecular weight is 390 g/mol. The molecule has 0 bridgehead atoms. The summed E-state index contributed by atoms with van der Waals surface area (Å²) in [5.74, 6) is -0.528. The summed E-state index contributed by atoms with van der Waals surface area (Å²) in [6, 6.07) is 10.2. The van der Waals surface area contributed by atoms with E-state index in [2.05, 4.69) is 10.3 Å². The van der Waals surface area contributed by atoms with E-state index >= 15 is 0 Å². The van der Waals surface area contributed by atoms with Crippen LogP contribution in [-0.4, -0.2) is 15.6 Å². The molecular weight excluding hydrogens is 374 g/mol. The van der Waals surface area contributed by atoms with Crippen LogP contribution in [0.15, 0.2) is 47.4 Å². The van der Waals surface area contributed by atoms with Crippen LogP contribution in [0.4, 0.5) is 5.13 Å². The largest absolute Gasteiger partial charge is 0.406 e. The molecule has 26 heavy (non-hydrogen) atoms. The van der Waals surface area contributed by atoms with Crippen molar-refractivity contribution in [2.45, 2.75) is 20.5 Å². The van der Waals surface area contributed by atoms with Gasteiger partial charge in [-0.2, -0.15) is 4.73 Å². The van der Waals surface area contributed by atoms with Gasteiger partial charge in [0.15, 0.2) is 5.13 Å². The van der Waals surface area contributed by atoms with Crippen LogP contribution in [0.2, 0.25) is 5.02 Å². The number of halogens is 1. The average Bonchev–Trinajstić information content (AvgIpc) is 2.92. The Bertz CT molecular complexity index is 993. The van der Waals surface area contributed by atoms with Crippen molar-refractivity contribution < 1.29 is 9.63 Å². The maximum Gasteiger partial charge on any atom is 0.295 e. The maximum atomic E-state index is 12.5. The third-order valence-corrected chi connectivity index (χ3v) is 5.08. The van der Waals surface area contributed by atoms with Crippen LogP contribution in [0.5, 0.6) is 0 Å². The fraction of sp³-hybridized carbons (Fsp3) is 0.167. The highest BCUT2D eigenvalue weighted by molar-refractivity contribution is 7.15. The van der Waals surface area contributed by atoms with Gasteiger partial charge in [0.2, 0.25) is 0 Å². The Morgan fingerprint density at radius 2 is 2.04 bits per heavy atom. The van der Waals surface area contributed by atoms with E-state index in [1.165, 1.54) is 23.6 Å². The van der Waals surface area contributed by atoms with Crippen molar-refractivity contribution in [2.75, 3.05) is 5.32 Å². The van der Waals surface area contributed by atoms with Gasteiger partial charge in [0.05, 0.1) is 5.69 Å². The number of hydrogen-bond donors (Lipinski definition) is 1. The van der Waals surface area contributed by atoms with Gasteiger partial charge in [0, 0.05) is 21.7 Å². The van der Waals surface area contributed by atoms with Crippen LogP contribution in [0.25, 0.3) is 0 Å². The molecule has 0 aliphatic rings. The van der Waals surface area contributed by atoms with Gasteiger partial charge in [-0.05, 0) is 32.0 Å². The molecule has 2 heterocycles. The molecule has 1 amide bonds. The number of benzene rings is 1. The predicted molar refractivity (Wildman–Crippen MR) is 102 cm³/mol. The molecule has 0 aliphatic heterocycles. The Hall–Kier alpha value is -2.64. The quantitative estimate of drug-likeness (QED) is 0.725. The number of nitrogens with one attached hydrogen (secondary N) is 1. The molecule has 6 nitrogen and oxygen atoms in total. The van der Waals surface area contributed by atoms with Crippen molar-refractivity contribution in [1.29, 1.82) is 0 Å². The molecule has 3 aromatic rings. The van der Waals surface area contributed by atoms with E-state index in [1.54, 1.807) is 18.2 Å². The van der Waals surface area contributed by atoms with E-state index in [-0.39, 0.29) is 12.2 Å². The monoisotopic (exact) mass is 389 g/mol. The zero-order valence-corrected chi connectivity index (χ0v) is 15.7. The zero-order chi connectivity index (χ0) is 18.7. The number of pyridine rings is 1. The minimum atomic E-state index is -0.554. The molecule has 1 aromatic carbocycles. The molecule has 8 heteroatoms. The molecular formula is C18H16ClN3O3S. The van der Waals surface area contributed by atoms with E-state index in [9.17, 15) is 9.59 Å². The number of carbonyl (C=O) groups is 1. The minimum Gasteiger partial charge on any atom is -0.406 e. The van der Waals surface area contributed by atoms with Gasteiger partial charge in [-0.25, -0.2) is 4.98 Å². The first-order valence-corrected chi connectivity index (χ1v) is 8.99. The van der Waals surface area contributed by atoms with Crippen LogP contribution >= 0.6 is 22.9 Å². The Labute approximate surface area is 159 Å². The molecule has 0 saturated heterocycles. The summed E-state index contributed by atoms with van der Waals surface area (Å²) in [6.07, 6.45) is 1.45. The lowest BCUT2D eigenvalue weighted by Crippen LogP contribution is -2.32. The molecule has 3 rings (SSSR count). The standard InChI is InChI=1S/C18H16ClN3O3S/c1-11-12(2)26-18(20-11)21-16(23)14-7-5-9-22(17(14)24)25-10-13-6-3-4-8-15(13)19/h3-9H,10H2,1-2H3,(H,20,21,23). The highest BCUT2D eigenvalue weighted by atomic mass is 35.5. The summed E-state index contributed by atoms with van der Waals surface area (Å²) in [4.78, 5) is 35.7. The molecule has 0 saturated carbocycles. The fourth-order valence-electron chi connectivity index (χ4n) is 2.19. The third-order valence-electron chi connectivity index (χ3n) is 3.73. The van der Waals surface area contributed by atoms with Crippen LogP contribution in [0, 0.1) is 13.8 Å². The summed E-state index contributed by atoms with van der Waals surface area (Å²) < 4.78 is 1.02. The Balaban J connectivity index is 1.77. The van der Waals surface area contributed by atoms with Gasteiger partial charge in [0.25, 0.3) is 11.5 Å². The van der Waals surface area contributed by atoms with E-state index in [0.717, 1.165) is 20.9 Å². The van der Waals surface area contributed by atoms with Crippen molar-refractivity contribution >= 4 is 34.0 Å². The fourth-order valence-corrected chi connectivity index (χ4v) is 3.19. The number of thiazole rings is 1. The van der Waals surface area contributed by atoms with Gasteiger partial charge < -0.3 is 4.84 Å². The number of aromatic nitrogens is 2. The SMILES string of the molecule is Cc1nc(NC(=O)c2cccn(OCc3ccccc3Cl)c2=O)sc1C. The van der Waals surface area contributed by atoms with E-state index in [0.29, 0.717) is 10.2 Å². The number of amides is 1. The van der Waals surface area contributed by atoms with Gasteiger partial charge in [0.1, 0.15) is 12.2 Å². The van der Waals surface area contributed by atoms with Gasteiger partial charge in [-0.15, -0.1) is 11.3 Å². The van der Waals surface area contributed by atoms with E-state index < -0.39 is 11.5 Å². The Kier molecular flexibility index (Phi) is 5.39. The number of nitrogens with zero attached hydrogens (tertiary/aromatic N) is 2. The molecule has 0 fully saturated rings. The van der Waals surface area contributed by atoms with Crippen LogP contribution in [0.1, 0.15) is 26.5 Å². The summed E-state index contributed by atoms with van der Waals surface area (Å²) in [6.45, 7) is 3.88. The first-order chi connectivity index (χ1) is 12.5. The molecule has 2 aromatic heterocycles. The molecule has 0 radical (unpaired) electrons. The van der Waals surface area contributed by atoms with Crippen LogP contribution < -0.4 is 15.7 Å². The van der Waals surface area contributed by atoms with Crippen LogP contribution in [-0.2, 0) is 6.61 Å². The summed E-state index contributed by atoms with van der Waals surface area (Å²) >= 11 is 7.44. The summed E-state index contributed by atoms with van der Waals surface area (Å²) in [5, 5.41) is 3.65. The summed E-state index contributed by atoms with van der Waals surface area (Å²) in [5.41, 5.74) is 1.00. The number of hydrogen-bond acceptors (Lipinski definition) is 5. The Morgan fingerprint density at radius 3 is 2.73 bits per heavy atom. The smallest absolute Gasteiger partial charge is 0.295 e. The number of aryl methyl sites for hydroxylation is 2. The number of anilines is 1. The second-order valence-corrected chi connectivity index (χ2v) is 7.14. The predicted octanol–water partition coefficient (Wildman–Crippen LogP) is 3.46. The van der Waals surface area contributed by atoms with E-state index in [1.807, 2.05) is 26.0 Å². The van der Waals surface area contributed by atoms with Gasteiger partial charge in [-0.3, -0.25) is 14.9 Å². The number of carbonyl (C=O) groups excluding carboxylic acids is 1. The van der Waals surface area contributed by atoms with Crippen molar-refractivity contribution in [1.82, 2.24) is 9.71 Å². The molecule has 0 aliphatic carbocycles. The second kappa shape index (κ2) is 7.72. The van der Waals surface area contributed by atoms with Crippen molar-refractivity contribution in [3.05, 3.63) is 79.7 Å². The topological polar surface area (TPSA) is 73.2 Å². The lowest BCUT2D eigenvalue weighted by atomic mass is 10.2. The van der Waals surface area contributed by atoms with Crippen LogP contribution in [0.3, 0.4) is 0 Å². The Morgan fingerprint density at radius 1 is 1.27 bits per heavy atom. The lowest BCUT2D eigenvalue weighted by molar-refractivity contribution is 0.0864. The van der Waals surface area contributed by atoms with Gasteiger partial charge in [-0.1, -0.05) is 29.8 Å². The minimum absolute atomic E-state index is 0.0304. The zero-order valence-electron chi connectivity index (χ0n) is 14.2. The van der Waals surface area contributed by atoms with Gasteiger partial charge >= 0.3 is 0 Å². The summed E-state index contributed by atoms with van der Waals surface area (Å²) in [7, 11) is 0. The number of rotatable bonds is 5. The second-order valence-electron chi connectivity index (χ2n) is 5.53. The first kappa shape index (κ1) is 18.2. The first-order valence-electron chi connectivity index (χ1n) is 7.79. The van der Waals surface area contributed by atoms with E-state index in [4.69, 9.17) is 16.4 Å². The third kappa shape index (κ3) is 3.95. The molecule has 0 unspecified atom stereocenters.